The summed E-state index contributed by atoms with van der Waals surface area (Å²) >= 11 is 0. The predicted octanol–water partition coefficient (Wildman–Crippen LogP) is 0.740. The standard InChI is InChI=1S/C10H13NO4.C8H11NO2/c1-15-10(14)7(11)4-6-2-3-8(12)9(13)5-6;9-4-3-6-1-2-7(10)8(11)5-6/h2-3,5,7,12-13H,4,11H2,1H3;1-2,5,10-11H,3-4,9H2. The topological polar surface area (TPSA) is 159 Å². The molecule has 0 amide bonds. The van der Waals surface area contributed by atoms with Crippen molar-refractivity contribution in [2.45, 2.75) is 18.9 Å². The summed E-state index contributed by atoms with van der Waals surface area (Å²) in [6.07, 6.45) is 0.967. The van der Waals surface area contributed by atoms with E-state index in [0.717, 1.165) is 5.56 Å². The first-order chi connectivity index (χ1) is 12.3. The number of benzene rings is 2. The number of carbonyl (C=O) groups excluding carboxylic acids is 1. The van der Waals surface area contributed by atoms with Gasteiger partial charge in [0.2, 0.25) is 0 Å². The van der Waals surface area contributed by atoms with Crippen molar-refractivity contribution in [2.24, 2.45) is 11.5 Å². The van der Waals surface area contributed by atoms with Gasteiger partial charge in [0.1, 0.15) is 6.04 Å². The quantitative estimate of drug-likeness (QED) is 0.335. The highest BCUT2D eigenvalue weighted by Crippen LogP contribution is 2.25. The van der Waals surface area contributed by atoms with Crippen molar-refractivity contribution in [1.82, 2.24) is 0 Å². The Balaban J connectivity index is 0.000000273. The van der Waals surface area contributed by atoms with E-state index in [9.17, 15) is 9.90 Å². The fraction of sp³-hybridized carbons (Fsp3) is 0.278. The lowest BCUT2D eigenvalue weighted by molar-refractivity contribution is -0.142. The zero-order valence-electron chi connectivity index (χ0n) is 14.4. The van der Waals surface area contributed by atoms with Crippen molar-refractivity contribution in [2.75, 3.05) is 13.7 Å². The van der Waals surface area contributed by atoms with Gasteiger partial charge in [-0.05, 0) is 54.8 Å². The lowest BCUT2D eigenvalue weighted by Crippen LogP contribution is -2.33. The van der Waals surface area contributed by atoms with Crippen LogP contribution in [0.3, 0.4) is 0 Å². The molecule has 1 unspecified atom stereocenters. The van der Waals surface area contributed by atoms with E-state index in [0.29, 0.717) is 18.5 Å². The second-order valence-corrected chi connectivity index (χ2v) is 5.52. The van der Waals surface area contributed by atoms with E-state index in [-0.39, 0.29) is 29.4 Å². The van der Waals surface area contributed by atoms with Crippen molar-refractivity contribution in [1.29, 1.82) is 0 Å². The summed E-state index contributed by atoms with van der Waals surface area (Å²) in [5.41, 5.74) is 12.4. The van der Waals surface area contributed by atoms with Gasteiger partial charge in [-0.3, -0.25) is 4.79 Å². The van der Waals surface area contributed by atoms with E-state index in [4.69, 9.17) is 26.8 Å². The van der Waals surface area contributed by atoms with Gasteiger partial charge in [-0.25, -0.2) is 0 Å². The molecule has 0 radical (unpaired) electrons. The number of phenols is 4. The SMILES string of the molecule is COC(=O)C(N)Cc1ccc(O)c(O)c1.NCCc1ccc(O)c(O)c1. The monoisotopic (exact) mass is 364 g/mol. The first-order valence-electron chi connectivity index (χ1n) is 7.83. The number of methoxy groups -OCH3 is 1. The Hall–Kier alpha value is -2.97. The minimum Gasteiger partial charge on any atom is -0.504 e. The molecule has 0 saturated heterocycles. The lowest BCUT2D eigenvalue weighted by atomic mass is 10.1. The molecule has 26 heavy (non-hydrogen) atoms. The third-order valence-electron chi connectivity index (χ3n) is 3.47. The average molecular weight is 364 g/mol. The molecule has 8 heteroatoms. The zero-order valence-corrected chi connectivity index (χ0v) is 14.4. The van der Waals surface area contributed by atoms with Gasteiger partial charge in [0.25, 0.3) is 0 Å². The highest BCUT2D eigenvalue weighted by Gasteiger charge is 2.14. The summed E-state index contributed by atoms with van der Waals surface area (Å²) in [5.74, 6) is -1.13. The molecule has 0 bridgehead atoms. The molecule has 142 valence electrons. The molecule has 2 aromatic rings. The minimum atomic E-state index is -0.765. The van der Waals surface area contributed by atoms with Gasteiger partial charge in [-0.2, -0.15) is 0 Å². The van der Waals surface area contributed by atoms with Crippen LogP contribution in [-0.2, 0) is 22.4 Å². The third-order valence-corrected chi connectivity index (χ3v) is 3.47. The van der Waals surface area contributed by atoms with Crippen LogP contribution in [0.5, 0.6) is 23.0 Å². The smallest absolute Gasteiger partial charge is 0.322 e. The molecule has 0 aromatic heterocycles. The Labute approximate surface area is 151 Å². The van der Waals surface area contributed by atoms with Crippen LogP contribution in [-0.4, -0.2) is 46.1 Å². The fourth-order valence-corrected chi connectivity index (χ4v) is 2.08. The second kappa shape index (κ2) is 10.1. The van der Waals surface area contributed by atoms with Crippen LogP contribution in [0.2, 0.25) is 0 Å². The number of phenolic OH excluding ortho intramolecular Hbond substituents is 4. The summed E-state index contributed by atoms with van der Waals surface area (Å²) in [5, 5.41) is 36.2. The molecule has 0 aliphatic rings. The van der Waals surface area contributed by atoms with Crippen LogP contribution in [0.1, 0.15) is 11.1 Å². The Morgan fingerprint density at radius 3 is 1.92 bits per heavy atom. The summed E-state index contributed by atoms with van der Waals surface area (Å²) in [4.78, 5) is 11.0. The molecule has 0 saturated carbocycles. The molecule has 0 heterocycles. The normalized spacial score (nSPS) is 11.2. The van der Waals surface area contributed by atoms with Crippen molar-refractivity contribution in [3.05, 3.63) is 47.5 Å². The van der Waals surface area contributed by atoms with E-state index in [1.54, 1.807) is 12.1 Å². The first-order valence-corrected chi connectivity index (χ1v) is 7.83. The Morgan fingerprint density at radius 1 is 0.962 bits per heavy atom. The van der Waals surface area contributed by atoms with Crippen molar-refractivity contribution < 1.29 is 30.0 Å². The Bertz CT molecular complexity index is 736. The van der Waals surface area contributed by atoms with E-state index >= 15 is 0 Å². The average Bonchev–Trinajstić information content (AvgIpc) is 2.61. The maximum absolute atomic E-state index is 11.0. The molecule has 8 N–H and O–H groups in total. The van der Waals surface area contributed by atoms with Crippen LogP contribution in [0.4, 0.5) is 0 Å². The van der Waals surface area contributed by atoms with E-state index < -0.39 is 12.0 Å². The lowest BCUT2D eigenvalue weighted by Gasteiger charge is -2.09. The number of hydrogen-bond donors (Lipinski definition) is 6. The van der Waals surface area contributed by atoms with Gasteiger partial charge in [-0.1, -0.05) is 12.1 Å². The van der Waals surface area contributed by atoms with Gasteiger partial charge < -0.3 is 36.6 Å². The van der Waals surface area contributed by atoms with E-state index in [1.165, 1.54) is 31.4 Å². The summed E-state index contributed by atoms with van der Waals surface area (Å²) in [7, 11) is 1.26. The van der Waals surface area contributed by atoms with Gasteiger partial charge in [-0.15, -0.1) is 0 Å². The van der Waals surface area contributed by atoms with Crippen LogP contribution < -0.4 is 11.5 Å². The number of nitrogens with two attached hydrogens (primary N) is 2. The number of aromatic hydroxyl groups is 4. The van der Waals surface area contributed by atoms with Gasteiger partial charge in [0, 0.05) is 0 Å². The van der Waals surface area contributed by atoms with Crippen LogP contribution in [0, 0.1) is 0 Å². The summed E-state index contributed by atoms with van der Waals surface area (Å²) < 4.78 is 4.46. The predicted molar refractivity (Wildman–Crippen MR) is 96.0 cm³/mol. The second-order valence-electron chi connectivity index (χ2n) is 5.52. The first kappa shape index (κ1) is 21.1. The largest absolute Gasteiger partial charge is 0.504 e. The van der Waals surface area contributed by atoms with Crippen molar-refractivity contribution >= 4 is 5.97 Å². The van der Waals surface area contributed by atoms with Crippen molar-refractivity contribution in [3.8, 4) is 23.0 Å². The van der Waals surface area contributed by atoms with E-state index in [2.05, 4.69) is 4.74 Å². The maximum Gasteiger partial charge on any atom is 0.322 e. The molecule has 0 spiro atoms. The molecular weight excluding hydrogens is 340 g/mol. The van der Waals surface area contributed by atoms with Crippen LogP contribution >= 0.6 is 0 Å². The zero-order chi connectivity index (χ0) is 19.7. The molecule has 0 fully saturated rings. The van der Waals surface area contributed by atoms with Gasteiger partial charge >= 0.3 is 5.97 Å². The van der Waals surface area contributed by atoms with Crippen LogP contribution in [0.15, 0.2) is 36.4 Å². The Kier molecular flexibility index (Phi) is 8.20. The van der Waals surface area contributed by atoms with Gasteiger partial charge in [0.05, 0.1) is 7.11 Å². The molecular formula is C18H24N2O6. The minimum absolute atomic E-state index is 0.0871. The number of rotatable bonds is 5. The maximum atomic E-state index is 11.0. The van der Waals surface area contributed by atoms with Crippen LogP contribution in [0.25, 0.3) is 0 Å². The van der Waals surface area contributed by atoms with E-state index in [1.807, 2.05) is 0 Å². The molecule has 1 atom stereocenters. The molecule has 8 nitrogen and oxygen atoms in total. The summed E-state index contributed by atoms with van der Waals surface area (Å²) in [6.45, 7) is 0.546. The third kappa shape index (κ3) is 6.50. The molecule has 0 aliphatic heterocycles. The van der Waals surface area contributed by atoms with Crippen molar-refractivity contribution in [3.63, 3.8) is 0 Å². The number of esters is 1. The number of hydrogen-bond acceptors (Lipinski definition) is 8. The molecule has 0 aliphatic carbocycles. The highest BCUT2D eigenvalue weighted by atomic mass is 16.5. The molecule has 2 rings (SSSR count). The fourth-order valence-electron chi connectivity index (χ4n) is 2.08. The highest BCUT2D eigenvalue weighted by molar-refractivity contribution is 5.75. The summed E-state index contributed by atoms with van der Waals surface area (Å²) in [6, 6.07) is 8.23. The number of carbonyl (C=O) groups is 1. The number of ether oxygens (including phenoxy) is 1. The van der Waals surface area contributed by atoms with Gasteiger partial charge in [0.15, 0.2) is 23.0 Å². The Morgan fingerprint density at radius 2 is 1.46 bits per heavy atom. The molecule has 2 aromatic carbocycles.